The SMILES string of the molecule is CC(C)C1SC(=NC2C[C@@H]3CC2C(F)(F)C3)NC1=O. The first-order chi connectivity index (χ1) is 8.87. The van der Waals surface area contributed by atoms with Crippen LogP contribution >= 0.6 is 11.8 Å². The molecule has 6 heteroatoms. The number of hydrogen-bond acceptors (Lipinski definition) is 3. The fourth-order valence-electron chi connectivity index (χ4n) is 3.45. The second kappa shape index (κ2) is 4.43. The van der Waals surface area contributed by atoms with E-state index in [4.69, 9.17) is 0 Å². The standard InChI is InChI=1S/C13H18F2N2OS/c1-6(2)10-11(18)17-12(19-10)16-9-4-7-3-8(9)13(14,15)5-7/h6-10H,3-5H2,1-2H3,(H,16,17,18)/t7-,8?,9?,10?/m0/s1. The summed E-state index contributed by atoms with van der Waals surface area (Å²) >= 11 is 1.39. The van der Waals surface area contributed by atoms with E-state index in [1.54, 1.807) is 0 Å². The number of halogens is 2. The number of fused-ring (bicyclic) bond motifs is 2. The fourth-order valence-corrected chi connectivity index (χ4v) is 4.48. The van der Waals surface area contributed by atoms with Crippen molar-refractivity contribution in [3.8, 4) is 0 Å². The monoisotopic (exact) mass is 288 g/mol. The van der Waals surface area contributed by atoms with Gasteiger partial charge in [-0.1, -0.05) is 25.6 Å². The second-order valence-electron chi connectivity index (χ2n) is 6.18. The van der Waals surface area contributed by atoms with Crippen molar-refractivity contribution in [2.24, 2.45) is 22.7 Å². The zero-order chi connectivity index (χ0) is 13.8. The molecule has 2 bridgehead atoms. The van der Waals surface area contributed by atoms with Crippen LogP contribution in [0.3, 0.4) is 0 Å². The summed E-state index contributed by atoms with van der Waals surface area (Å²) in [5.74, 6) is -2.91. The van der Waals surface area contributed by atoms with Gasteiger partial charge in [0.2, 0.25) is 5.91 Å². The highest BCUT2D eigenvalue weighted by Gasteiger charge is 2.57. The third kappa shape index (κ3) is 2.28. The summed E-state index contributed by atoms with van der Waals surface area (Å²) in [6.07, 6.45) is 1.35. The number of carbonyl (C=O) groups is 1. The lowest BCUT2D eigenvalue weighted by Gasteiger charge is -2.26. The molecule has 0 radical (unpaired) electrons. The Balaban J connectivity index is 1.73. The van der Waals surface area contributed by atoms with Crippen molar-refractivity contribution in [1.29, 1.82) is 0 Å². The first kappa shape index (κ1) is 13.3. The highest BCUT2D eigenvalue weighted by Crippen LogP contribution is 2.54. The Morgan fingerprint density at radius 1 is 1.42 bits per heavy atom. The Bertz CT molecular complexity index is 438. The summed E-state index contributed by atoms with van der Waals surface area (Å²) in [6.45, 7) is 3.96. The number of carbonyl (C=O) groups excluding carboxylic acids is 1. The smallest absolute Gasteiger partial charge is 0.253 e. The summed E-state index contributed by atoms with van der Waals surface area (Å²) in [5.41, 5.74) is 0. The molecule has 3 nitrogen and oxygen atoms in total. The molecule has 4 atom stereocenters. The van der Waals surface area contributed by atoms with Crippen LogP contribution in [0.15, 0.2) is 4.99 Å². The Kier molecular flexibility index (Phi) is 3.11. The van der Waals surface area contributed by atoms with Gasteiger partial charge < -0.3 is 5.32 Å². The van der Waals surface area contributed by atoms with Crippen LogP contribution in [0.4, 0.5) is 8.78 Å². The van der Waals surface area contributed by atoms with Gasteiger partial charge in [0.15, 0.2) is 5.17 Å². The molecule has 3 aliphatic rings. The van der Waals surface area contributed by atoms with Gasteiger partial charge in [0.05, 0.1) is 11.3 Å². The summed E-state index contributed by atoms with van der Waals surface area (Å²) in [6, 6.07) is -0.317. The minimum absolute atomic E-state index is 0.0210. The van der Waals surface area contributed by atoms with E-state index in [0.29, 0.717) is 11.6 Å². The molecule has 2 saturated carbocycles. The van der Waals surface area contributed by atoms with Gasteiger partial charge in [-0.25, -0.2) is 8.78 Å². The number of aliphatic imine (C=N–C) groups is 1. The van der Waals surface area contributed by atoms with E-state index in [9.17, 15) is 13.6 Å². The largest absolute Gasteiger partial charge is 0.304 e. The normalized spacial score (nSPS) is 42.4. The van der Waals surface area contributed by atoms with Crippen LogP contribution in [0.1, 0.15) is 33.1 Å². The zero-order valence-corrected chi connectivity index (χ0v) is 11.8. The summed E-state index contributed by atoms with van der Waals surface area (Å²) in [7, 11) is 0. The molecule has 1 heterocycles. The van der Waals surface area contributed by atoms with Crippen molar-refractivity contribution in [1.82, 2.24) is 5.32 Å². The molecule has 0 aromatic carbocycles. The van der Waals surface area contributed by atoms with Crippen molar-refractivity contribution < 1.29 is 13.6 Å². The van der Waals surface area contributed by atoms with Crippen molar-refractivity contribution in [2.45, 2.75) is 50.3 Å². The minimum atomic E-state index is -2.57. The number of rotatable bonds is 2. The summed E-state index contributed by atoms with van der Waals surface area (Å²) < 4.78 is 27.4. The molecule has 1 N–H and O–H groups in total. The van der Waals surface area contributed by atoms with E-state index in [2.05, 4.69) is 10.3 Å². The molecule has 3 rings (SSSR count). The molecule has 106 valence electrons. The third-order valence-electron chi connectivity index (χ3n) is 4.35. The van der Waals surface area contributed by atoms with Crippen LogP contribution in [0.5, 0.6) is 0 Å². The molecule has 19 heavy (non-hydrogen) atoms. The summed E-state index contributed by atoms with van der Waals surface area (Å²) in [4.78, 5) is 16.1. The van der Waals surface area contributed by atoms with E-state index in [1.165, 1.54) is 11.8 Å². The quantitative estimate of drug-likeness (QED) is 0.848. The van der Waals surface area contributed by atoms with Gasteiger partial charge >= 0.3 is 0 Å². The third-order valence-corrected chi connectivity index (χ3v) is 5.79. The van der Waals surface area contributed by atoms with Crippen molar-refractivity contribution in [3.63, 3.8) is 0 Å². The molecule has 2 aliphatic carbocycles. The topological polar surface area (TPSA) is 41.5 Å². The van der Waals surface area contributed by atoms with Gasteiger partial charge in [0.25, 0.3) is 5.92 Å². The number of thioether (sulfide) groups is 1. The molecule has 0 spiro atoms. The molecule has 1 amide bonds. The molecular formula is C13H18F2N2OS. The van der Waals surface area contributed by atoms with Crippen LogP contribution in [0.2, 0.25) is 0 Å². The van der Waals surface area contributed by atoms with Gasteiger partial charge in [-0.3, -0.25) is 9.79 Å². The first-order valence-electron chi connectivity index (χ1n) is 6.80. The van der Waals surface area contributed by atoms with Crippen molar-refractivity contribution >= 4 is 22.8 Å². The highest BCUT2D eigenvalue weighted by molar-refractivity contribution is 8.15. The fraction of sp³-hybridized carbons (Fsp3) is 0.846. The first-order valence-corrected chi connectivity index (χ1v) is 7.68. The van der Waals surface area contributed by atoms with Crippen molar-refractivity contribution in [2.75, 3.05) is 0 Å². The van der Waals surface area contributed by atoms with Crippen LogP contribution in [-0.4, -0.2) is 28.3 Å². The number of amidine groups is 1. The Morgan fingerprint density at radius 2 is 2.16 bits per heavy atom. The predicted molar refractivity (Wildman–Crippen MR) is 71.4 cm³/mol. The Labute approximate surface area is 115 Å². The van der Waals surface area contributed by atoms with Gasteiger partial charge in [-0.15, -0.1) is 0 Å². The number of nitrogens with zero attached hydrogens (tertiary/aromatic N) is 1. The van der Waals surface area contributed by atoms with Crippen LogP contribution in [-0.2, 0) is 4.79 Å². The lowest BCUT2D eigenvalue weighted by Crippen LogP contribution is -2.34. The molecular weight excluding hydrogens is 270 g/mol. The number of nitrogens with one attached hydrogen (secondary N) is 1. The predicted octanol–water partition coefficient (Wildman–Crippen LogP) is 2.66. The van der Waals surface area contributed by atoms with E-state index in [-0.39, 0.29) is 35.5 Å². The number of hydrogen-bond donors (Lipinski definition) is 1. The molecule has 0 aromatic heterocycles. The van der Waals surface area contributed by atoms with Gasteiger partial charge in [-0.2, -0.15) is 0 Å². The number of amides is 1. The maximum absolute atomic E-state index is 13.7. The molecule has 1 aliphatic heterocycles. The van der Waals surface area contributed by atoms with Crippen LogP contribution < -0.4 is 5.32 Å². The van der Waals surface area contributed by atoms with E-state index in [1.807, 2.05) is 13.8 Å². The average molecular weight is 288 g/mol. The average Bonchev–Trinajstić information content (AvgIpc) is 2.89. The maximum Gasteiger partial charge on any atom is 0.253 e. The van der Waals surface area contributed by atoms with Crippen LogP contribution in [0, 0.1) is 17.8 Å². The van der Waals surface area contributed by atoms with E-state index >= 15 is 0 Å². The maximum atomic E-state index is 13.7. The lowest BCUT2D eigenvalue weighted by molar-refractivity contribution is -0.119. The van der Waals surface area contributed by atoms with Gasteiger partial charge in [0.1, 0.15) is 0 Å². The summed E-state index contributed by atoms with van der Waals surface area (Å²) in [5, 5.41) is 3.13. The molecule has 3 fully saturated rings. The molecule has 1 saturated heterocycles. The van der Waals surface area contributed by atoms with Gasteiger partial charge in [-0.05, 0) is 24.7 Å². The number of alkyl halides is 2. The molecule has 0 aromatic rings. The Hall–Kier alpha value is -0.650. The minimum Gasteiger partial charge on any atom is -0.304 e. The van der Waals surface area contributed by atoms with Gasteiger partial charge in [0, 0.05) is 12.3 Å². The second-order valence-corrected chi connectivity index (χ2v) is 7.31. The highest BCUT2D eigenvalue weighted by atomic mass is 32.2. The van der Waals surface area contributed by atoms with Crippen molar-refractivity contribution in [3.05, 3.63) is 0 Å². The molecule has 3 unspecified atom stereocenters. The van der Waals surface area contributed by atoms with E-state index < -0.39 is 11.8 Å². The van der Waals surface area contributed by atoms with Crippen LogP contribution in [0.25, 0.3) is 0 Å². The Morgan fingerprint density at radius 3 is 2.68 bits per heavy atom. The zero-order valence-electron chi connectivity index (χ0n) is 11.0. The lowest BCUT2D eigenvalue weighted by atomic mass is 9.92. The van der Waals surface area contributed by atoms with E-state index in [0.717, 1.165) is 6.42 Å².